The van der Waals surface area contributed by atoms with Crippen LogP contribution in [0.15, 0.2) is 6.20 Å². The summed E-state index contributed by atoms with van der Waals surface area (Å²) in [7, 11) is 1.80. The van der Waals surface area contributed by atoms with Gasteiger partial charge in [0.15, 0.2) is 5.69 Å². The van der Waals surface area contributed by atoms with Gasteiger partial charge in [0, 0.05) is 7.05 Å². The molecule has 0 saturated heterocycles. The third-order valence-corrected chi connectivity index (χ3v) is 1.12. The molecule has 0 atom stereocenters. The van der Waals surface area contributed by atoms with Crippen molar-refractivity contribution in [1.82, 2.24) is 15.0 Å². The van der Waals surface area contributed by atoms with Crippen molar-refractivity contribution in [2.45, 2.75) is 19.4 Å². The van der Waals surface area contributed by atoms with Crippen LogP contribution in [0.3, 0.4) is 0 Å². The van der Waals surface area contributed by atoms with Gasteiger partial charge in [-0.1, -0.05) is 11.1 Å². The molecule has 12 heavy (non-hydrogen) atoms. The lowest BCUT2D eigenvalue weighted by atomic mass is 10.1. The summed E-state index contributed by atoms with van der Waals surface area (Å²) in [6, 6.07) is 0. The molecule has 1 rings (SSSR count). The van der Waals surface area contributed by atoms with Gasteiger partial charge in [0.05, 0.1) is 11.7 Å². The Morgan fingerprint density at radius 1 is 1.58 bits per heavy atom. The van der Waals surface area contributed by atoms with Crippen molar-refractivity contribution in [3.05, 3.63) is 11.9 Å². The molecule has 1 aromatic rings. The zero-order valence-corrected chi connectivity index (χ0v) is 7.50. The maximum atomic E-state index is 5.66. The van der Waals surface area contributed by atoms with Crippen LogP contribution in [0.4, 0.5) is 0 Å². The SMILES string of the molecule is Cn1cc(C#CC(C)(C)N)nn1. The largest absolute Gasteiger partial charge is 0.316 e. The van der Waals surface area contributed by atoms with Gasteiger partial charge in [-0.3, -0.25) is 4.68 Å². The molecule has 0 spiro atoms. The predicted octanol–water partition coefficient (Wildman–Crippen LogP) is -0.0961. The van der Waals surface area contributed by atoms with E-state index in [0.717, 1.165) is 0 Å². The first kappa shape index (κ1) is 8.75. The summed E-state index contributed by atoms with van der Waals surface area (Å²) in [6.07, 6.45) is 1.75. The average molecular weight is 164 g/mol. The van der Waals surface area contributed by atoms with E-state index in [4.69, 9.17) is 5.73 Å². The van der Waals surface area contributed by atoms with Gasteiger partial charge in [-0.15, -0.1) is 5.10 Å². The highest BCUT2D eigenvalue weighted by Gasteiger charge is 2.03. The van der Waals surface area contributed by atoms with E-state index >= 15 is 0 Å². The molecule has 0 aliphatic carbocycles. The van der Waals surface area contributed by atoms with Crippen LogP contribution in [-0.4, -0.2) is 20.5 Å². The molecule has 0 aromatic carbocycles. The lowest BCUT2D eigenvalue weighted by Gasteiger charge is -2.06. The summed E-state index contributed by atoms with van der Waals surface area (Å²) >= 11 is 0. The minimum Gasteiger partial charge on any atom is -0.316 e. The number of hydrogen-bond acceptors (Lipinski definition) is 3. The topological polar surface area (TPSA) is 56.7 Å². The van der Waals surface area contributed by atoms with E-state index in [-0.39, 0.29) is 0 Å². The molecular formula is C8H12N4. The van der Waals surface area contributed by atoms with E-state index in [0.29, 0.717) is 5.69 Å². The fourth-order valence-corrected chi connectivity index (χ4v) is 0.630. The van der Waals surface area contributed by atoms with Crippen LogP contribution in [0.5, 0.6) is 0 Å². The van der Waals surface area contributed by atoms with E-state index < -0.39 is 5.54 Å². The highest BCUT2D eigenvalue weighted by molar-refractivity contribution is 5.27. The second kappa shape index (κ2) is 2.95. The molecule has 4 heteroatoms. The van der Waals surface area contributed by atoms with Gasteiger partial charge in [0.1, 0.15) is 0 Å². The normalized spacial score (nSPS) is 10.7. The Morgan fingerprint density at radius 2 is 2.25 bits per heavy atom. The Morgan fingerprint density at radius 3 is 2.67 bits per heavy atom. The number of rotatable bonds is 0. The van der Waals surface area contributed by atoms with E-state index in [1.165, 1.54) is 0 Å². The summed E-state index contributed by atoms with van der Waals surface area (Å²) in [4.78, 5) is 0. The van der Waals surface area contributed by atoms with Crippen molar-refractivity contribution in [2.24, 2.45) is 12.8 Å². The summed E-state index contributed by atoms with van der Waals surface area (Å²) in [5, 5.41) is 7.54. The Bertz CT molecular complexity index is 321. The highest BCUT2D eigenvalue weighted by atomic mass is 15.4. The Kier molecular flexibility index (Phi) is 2.15. The van der Waals surface area contributed by atoms with Crippen LogP contribution in [0.25, 0.3) is 0 Å². The van der Waals surface area contributed by atoms with Gasteiger partial charge in [-0.2, -0.15) is 0 Å². The van der Waals surface area contributed by atoms with E-state index in [1.54, 1.807) is 17.9 Å². The molecule has 0 fully saturated rings. The first-order valence-electron chi connectivity index (χ1n) is 3.66. The first-order valence-corrected chi connectivity index (χ1v) is 3.66. The molecule has 0 radical (unpaired) electrons. The first-order chi connectivity index (χ1) is 5.47. The molecular weight excluding hydrogens is 152 g/mol. The van der Waals surface area contributed by atoms with Crippen molar-refractivity contribution < 1.29 is 0 Å². The fraction of sp³-hybridized carbons (Fsp3) is 0.500. The van der Waals surface area contributed by atoms with Gasteiger partial charge in [-0.25, -0.2) is 0 Å². The molecule has 4 nitrogen and oxygen atoms in total. The van der Waals surface area contributed by atoms with Crippen LogP contribution in [-0.2, 0) is 7.05 Å². The van der Waals surface area contributed by atoms with Gasteiger partial charge in [0.2, 0.25) is 0 Å². The van der Waals surface area contributed by atoms with Crippen molar-refractivity contribution in [1.29, 1.82) is 0 Å². The summed E-state index contributed by atoms with van der Waals surface area (Å²) in [6.45, 7) is 3.69. The molecule has 0 saturated carbocycles. The molecule has 0 aliphatic rings. The number of aryl methyl sites for hydroxylation is 1. The van der Waals surface area contributed by atoms with Gasteiger partial charge < -0.3 is 5.73 Å². The quantitative estimate of drug-likeness (QED) is 0.545. The van der Waals surface area contributed by atoms with Crippen LogP contribution in [0.2, 0.25) is 0 Å². The van der Waals surface area contributed by atoms with E-state index in [1.807, 2.05) is 13.8 Å². The molecule has 0 aliphatic heterocycles. The lowest BCUT2D eigenvalue weighted by Crippen LogP contribution is -2.29. The van der Waals surface area contributed by atoms with Crippen molar-refractivity contribution in [2.75, 3.05) is 0 Å². The summed E-state index contributed by atoms with van der Waals surface area (Å²) < 4.78 is 1.60. The Hall–Kier alpha value is -1.34. The summed E-state index contributed by atoms with van der Waals surface area (Å²) in [5.74, 6) is 5.70. The third kappa shape index (κ3) is 2.72. The maximum Gasteiger partial charge on any atom is 0.155 e. The summed E-state index contributed by atoms with van der Waals surface area (Å²) in [5.41, 5.74) is 5.84. The second-order valence-corrected chi connectivity index (χ2v) is 3.25. The van der Waals surface area contributed by atoms with Gasteiger partial charge >= 0.3 is 0 Å². The molecule has 0 bridgehead atoms. The van der Waals surface area contributed by atoms with Crippen LogP contribution in [0.1, 0.15) is 19.5 Å². The van der Waals surface area contributed by atoms with E-state index in [2.05, 4.69) is 22.2 Å². The molecule has 2 N–H and O–H groups in total. The lowest BCUT2D eigenvalue weighted by molar-refractivity contribution is 0.680. The van der Waals surface area contributed by atoms with Crippen molar-refractivity contribution in [3.63, 3.8) is 0 Å². The zero-order chi connectivity index (χ0) is 9.19. The Labute approximate surface area is 71.8 Å². The second-order valence-electron chi connectivity index (χ2n) is 3.25. The smallest absolute Gasteiger partial charge is 0.155 e. The minimum atomic E-state index is -0.475. The van der Waals surface area contributed by atoms with Crippen molar-refractivity contribution >= 4 is 0 Å². The fourth-order valence-electron chi connectivity index (χ4n) is 0.630. The van der Waals surface area contributed by atoms with Crippen molar-refractivity contribution in [3.8, 4) is 11.8 Å². The minimum absolute atomic E-state index is 0.475. The number of aromatic nitrogens is 3. The van der Waals surface area contributed by atoms with Crippen LogP contribution >= 0.6 is 0 Å². The number of nitrogens with zero attached hydrogens (tertiary/aromatic N) is 3. The molecule has 1 aromatic heterocycles. The average Bonchev–Trinajstić information content (AvgIpc) is 2.30. The molecule has 0 unspecified atom stereocenters. The third-order valence-electron chi connectivity index (χ3n) is 1.12. The van der Waals surface area contributed by atoms with Gasteiger partial charge in [0.25, 0.3) is 0 Å². The predicted molar refractivity (Wildman–Crippen MR) is 46.1 cm³/mol. The maximum absolute atomic E-state index is 5.66. The molecule has 64 valence electrons. The standard InChI is InChI=1S/C8H12N4/c1-8(2,9)5-4-7-6-12(3)11-10-7/h6H,9H2,1-3H3. The molecule has 1 heterocycles. The highest BCUT2D eigenvalue weighted by Crippen LogP contribution is 1.94. The van der Waals surface area contributed by atoms with Crippen LogP contribution in [0, 0.1) is 11.8 Å². The van der Waals surface area contributed by atoms with Gasteiger partial charge in [-0.05, 0) is 19.8 Å². The zero-order valence-electron chi connectivity index (χ0n) is 7.50. The number of nitrogens with two attached hydrogens (primary N) is 1. The Balaban J connectivity index is 2.80. The molecule has 0 amide bonds. The number of hydrogen-bond donors (Lipinski definition) is 1. The monoisotopic (exact) mass is 164 g/mol. The van der Waals surface area contributed by atoms with Crippen LogP contribution < -0.4 is 5.73 Å². The van der Waals surface area contributed by atoms with E-state index in [9.17, 15) is 0 Å².